The van der Waals surface area contributed by atoms with Crippen molar-refractivity contribution in [3.8, 4) is 0 Å². The molecular weight excluding hydrogens is 442 g/mol. The van der Waals surface area contributed by atoms with Crippen molar-refractivity contribution in [3.63, 3.8) is 0 Å². The Balaban J connectivity index is 1.88. The van der Waals surface area contributed by atoms with Crippen molar-refractivity contribution in [1.29, 1.82) is 0 Å². The van der Waals surface area contributed by atoms with E-state index in [9.17, 15) is 32.3 Å². The van der Waals surface area contributed by atoms with E-state index in [1.165, 1.54) is 24.4 Å². The summed E-state index contributed by atoms with van der Waals surface area (Å²) in [5.41, 5.74) is -1.03. The van der Waals surface area contributed by atoms with Crippen LogP contribution in [0.5, 0.6) is 0 Å². The van der Waals surface area contributed by atoms with Gasteiger partial charge < -0.3 is 10.4 Å². The van der Waals surface area contributed by atoms with Crippen molar-refractivity contribution in [1.82, 2.24) is 9.38 Å². The van der Waals surface area contributed by atoms with Gasteiger partial charge in [0.15, 0.2) is 6.04 Å². The topological polar surface area (TPSA) is 83.7 Å². The monoisotopic (exact) mass is 461 g/mol. The largest absolute Gasteiger partial charge is 0.478 e. The molecular formula is C23H19F4N3O3. The first-order valence-electron chi connectivity index (χ1n) is 10.2. The molecule has 0 amide bonds. The lowest BCUT2D eigenvalue weighted by molar-refractivity contribution is -0.143. The maximum Gasteiger partial charge on any atom is 0.412 e. The van der Waals surface area contributed by atoms with E-state index in [1.807, 2.05) is 6.08 Å². The number of carboxylic acid groups (broad SMARTS) is 1. The maximum atomic E-state index is 14.2. The minimum absolute atomic E-state index is 0.194. The molecule has 0 fully saturated rings. The highest BCUT2D eigenvalue weighted by molar-refractivity contribution is 5.94. The van der Waals surface area contributed by atoms with Gasteiger partial charge in [0.05, 0.1) is 11.3 Å². The number of nitrogens with zero attached hydrogens (tertiary/aromatic N) is 2. The van der Waals surface area contributed by atoms with Crippen LogP contribution in [0.15, 0.2) is 53.5 Å². The quantitative estimate of drug-likeness (QED) is 0.510. The molecule has 172 valence electrons. The molecule has 2 aromatic heterocycles. The summed E-state index contributed by atoms with van der Waals surface area (Å²) in [5.74, 6) is -2.48. The van der Waals surface area contributed by atoms with Crippen LogP contribution in [0.25, 0.3) is 11.2 Å². The van der Waals surface area contributed by atoms with Crippen LogP contribution in [0, 0.1) is 5.82 Å². The van der Waals surface area contributed by atoms with Crippen molar-refractivity contribution in [2.45, 2.75) is 37.9 Å². The fourth-order valence-electron chi connectivity index (χ4n) is 3.92. The lowest BCUT2D eigenvalue weighted by Crippen LogP contribution is -2.30. The third kappa shape index (κ3) is 4.59. The van der Waals surface area contributed by atoms with Gasteiger partial charge in [-0.15, -0.1) is 0 Å². The minimum atomic E-state index is -4.89. The molecule has 6 nitrogen and oxygen atoms in total. The van der Waals surface area contributed by atoms with Crippen LogP contribution >= 0.6 is 0 Å². The molecule has 1 aromatic carbocycles. The number of halogens is 4. The van der Waals surface area contributed by atoms with Crippen LogP contribution in [0.2, 0.25) is 0 Å². The average molecular weight is 461 g/mol. The summed E-state index contributed by atoms with van der Waals surface area (Å²) in [6.07, 6.45) is 1.72. The number of benzene rings is 1. The van der Waals surface area contributed by atoms with Crippen LogP contribution in [-0.4, -0.2) is 26.6 Å². The first kappa shape index (κ1) is 22.5. The number of anilines is 1. The van der Waals surface area contributed by atoms with E-state index in [4.69, 9.17) is 0 Å². The molecule has 33 heavy (non-hydrogen) atoms. The summed E-state index contributed by atoms with van der Waals surface area (Å²) in [6, 6.07) is 3.79. The van der Waals surface area contributed by atoms with Crippen molar-refractivity contribution >= 4 is 22.9 Å². The molecule has 0 radical (unpaired) electrons. The zero-order valence-corrected chi connectivity index (χ0v) is 17.2. The lowest BCUT2D eigenvalue weighted by atomic mass is 9.97. The smallest absolute Gasteiger partial charge is 0.412 e. The number of carbonyl (C=O) groups is 1. The molecule has 0 unspecified atom stereocenters. The van der Waals surface area contributed by atoms with Crippen LogP contribution in [0.4, 0.5) is 23.2 Å². The van der Waals surface area contributed by atoms with Crippen molar-refractivity contribution in [2.75, 3.05) is 5.32 Å². The fourth-order valence-corrected chi connectivity index (χ4v) is 3.92. The van der Waals surface area contributed by atoms with Crippen molar-refractivity contribution in [2.24, 2.45) is 0 Å². The van der Waals surface area contributed by atoms with Gasteiger partial charge in [-0.05, 0) is 55.5 Å². The highest BCUT2D eigenvalue weighted by Crippen LogP contribution is 2.38. The van der Waals surface area contributed by atoms with E-state index in [2.05, 4.69) is 10.3 Å². The standard InChI is InChI=1S/C23H19F4N3O3/c24-14-8-9-17(16(11-14)22(32)33)28-20(23(25,26)27)15-7-4-10-30-19(31)12-18(29-21(15)30)13-5-2-1-3-6-13/h4-5,7-12,20,28H,1-3,6H2,(H,32,33)/t20-/m0/s1. The molecule has 3 aromatic rings. The molecule has 1 aliphatic rings. The Kier molecular flexibility index (Phi) is 5.92. The fraction of sp³-hybridized carbons (Fsp3) is 0.261. The molecule has 0 saturated carbocycles. The van der Waals surface area contributed by atoms with E-state index in [1.54, 1.807) is 0 Å². The van der Waals surface area contributed by atoms with E-state index in [-0.39, 0.29) is 11.2 Å². The summed E-state index contributed by atoms with van der Waals surface area (Å²) >= 11 is 0. The number of rotatable bonds is 5. The molecule has 0 aliphatic heterocycles. The summed E-state index contributed by atoms with van der Waals surface area (Å²) in [4.78, 5) is 28.5. The molecule has 0 bridgehead atoms. The van der Waals surface area contributed by atoms with E-state index >= 15 is 0 Å². The predicted molar refractivity (Wildman–Crippen MR) is 114 cm³/mol. The van der Waals surface area contributed by atoms with Gasteiger partial charge in [0.1, 0.15) is 11.5 Å². The number of aromatic nitrogens is 2. The zero-order chi connectivity index (χ0) is 23.8. The highest BCUT2D eigenvalue weighted by atomic mass is 19.4. The second-order valence-corrected chi connectivity index (χ2v) is 7.73. The Hall–Kier alpha value is -3.69. The molecule has 2 heterocycles. The Labute approximate surface area is 185 Å². The number of allylic oxidation sites excluding steroid dienone is 2. The van der Waals surface area contributed by atoms with Gasteiger partial charge in [-0.25, -0.2) is 14.2 Å². The van der Waals surface area contributed by atoms with Gasteiger partial charge in [0.25, 0.3) is 5.56 Å². The molecule has 1 atom stereocenters. The average Bonchev–Trinajstić information content (AvgIpc) is 2.77. The molecule has 4 rings (SSSR count). The molecule has 0 saturated heterocycles. The number of alkyl halides is 3. The number of hydrogen-bond acceptors (Lipinski definition) is 4. The molecule has 0 spiro atoms. The van der Waals surface area contributed by atoms with Crippen molar-refractivity contribution < 1.29 is 27.5 Å². The van der Waals surface area contributed by atoms with E-state index < -0.39 is 40.8 Å². The second-order valence-electron chi connectivity index (χ2n) is 7.73. The number of nitrogens with one attached hydrogen (secondary N) is 1. The van der Waals surface area contributed by atoms with Crippen LogP contribution in [0.1, 0.15) is 53.3 Å². The Morgan fingerprint density at radius 2 is 1.97 bits per heavy atom. The number of hydrogen-bond donors (Lipinski definition) is 2. The Morgan fingerprint density at radius 3 is 2.64 bits per heavy atom. The number of fused-ring (bicyclic) bond motifs is 1. The third-order valence-corrected chi connectivity index (χ3v) is 5.49. The normalized spacial score (nSPS) is 15.2. The number of aromatic carboxylic acids is 1. The van der Waals surface area contributed by atoms with Crippen LogP contribution in [0.3, 0.4) is 0 Å². The lowest BCUT2D eigenvalue weighted by Gasteiger charge is -2.25. The van der Waals surface area contributed by atoms with Gasteiger partial charge in [-0.2, -0.15) is 13.2 Å². The first-order valence-corrected chi connectivity index (χ1v) is 10.2. The zero-order valence-electron chi connectivity index (χ0n) is 17.2. The van der Waals surface area contributed by atoms with E-state index in [0.29, 0.717) is 18.2 Å². The van der Waals surface area contributed by atoms with Gasteiger partial charge in [-0.3, -0.25) is 9.20 Å². The highest BCUT2D eigenvalue weighted by Gasteiger charge is 2.43. The van der Waals surface area contributed by atoms with Gasteiger partial charge in [-0.1, -0.05) is 12.1 Å². The summed E-state index contributed by atoms with van der Waals surface area (Å²) < 4.78 is 57.1. The van der Waals surface area contributed by atoms with Gasteiger partial charge in [0.2, 0.25) is 0 Å². The molecule has 2 N–H and O–H groups in total. The van der Waals surface area contributed by atoms with Gasteiger partial charge in [0, 0.05) is 23.5 Å². The summed E-state index contributed by atoms with van der Waals surface area (Å²) in [6.45, 7) is 0. The van der Waals surface area contributed by atoms with Gasteiger partial charge >= 0.3 is 12.1 Å². The molecule has 10 heteroatoms. The second kappa shape index (κ2) is 8.68. The predicted octanol–water partition coefficient (Wildman–Crippen LogP) is 5.20. The Morgan fingerprint density at radius 1 is 1.18 bits per heavy atom. The SMILES string of the molecule is O=C(O)c1cc(F)ccc1N[C@@H](c1cccn2c(=O)cc(C3=CCCCC3)nc12)C(F)(F)F. The van der Waals surface area contributed by atoms with Crippen LogP contribution in [-0.2, 0) is 0 Å². The van der Waals surface area contributed by atoms with E-state index in [0.717, 1.165) is 41.4 Å². The Bertz CT molecular complexity index is 1310. The minimum Gasteiger partial charge on any atom is -0.478 e. The number of carboxylic acids is 1. The maximum absolute atomic E-state index is 14.2. The van der Waals surface area contributed by atoms with Crippen LogP contribution < -0.4 is 10.9 Å². The number of pyridine rings is 1. The summed E-state index contributed by atoms with van der Waals surface area (Å²) in [7, 11) is 0. The summed E-state index contributed by atoms with van der Waals surface area (Å²) in [5, 5.41) is 11.5. The van der Waals surface area contributed by atoms with Crippen molar-refractivity contribution in [3.05, 3.63) is 81.7 Å². The first-order chi connectivity index (χ1) is 15.6. The molecule has 1 aliphatic carbocycles. The third-order valence-electron chi connectivity index (χ3n) is 5.49.